The monoisotopic (exact) mass is 593 g/mol. The minimum Gasteiger partial charge on any atom is -1.00 e. The molecule has 0 nitrogen and oxygen atoms in total. The number of hydrogen-bond acceptors (Lipinski definition) is 0. The van der Waals surface area contributed by atoms with Crippen LogP contribution in [0.15, 0.2) is 72.8 Å². The summed E-state index contributed by atoms with van der Waals surface area (Å²) in [7, 11) is 0.750. The van der Waals surface area contributed by atoms with E-state index in [1.807, 2.05) is 0 Å². The summed E-state index contributed by atoms with van der Waals surface area (Å²) in [4.78, 5) is 0. The Balaban J connectivity index is 0. The molecule has 4 aromatic carbocycles. The quantitative estimate of drug-likeness (QED) is 0.237. The van der Waals surface area contributed by atoms with Crippen LogP contribution in [-0.4, -0.2) is 9.52 Å². The summed E-state index contributed by atoms with van der Waals surface area (Å²) >= 11 is 0. The Morgan fingerprint density at radius 3 is 1.29 bits per heavy atom. The third-order valence-electron chi connectivity index (χ3n) is 4.17. The van der Waals surface area contributed by atoms with Crippen LogP contribution in [0.1, 0.15) is 25.0 Å². The molecule has 0 bridgehead atoms. The molecule has 0 unspecified atom stereocenters. The Hall–Kier alpha value is -0.280. The molecule has 0 fully saturated rings. The van der Waals surface area contributed by atoms with E-state index in [0.717, 1.165) is 22.4 Å². The van der Waals surface area contributed by atoms with E-state index >= 15 is 0 Å². The van der Waals surface area contributed by atoms with Gasteiger partial charge in [0.2, 0.25) is 0 Å². The zero-order valence-corrected chi connectivity index (χ0v) is 24.0. The Labute approximate surface area is 213 Å². The molecule has 4 heteroatoms. The van der Waals surface area contributed by atoms with E-state index in [1.165, 1.54) is 32.7 Å². The van der Waals surface area contributed by atoms with Crippen LogP contribution in [0.4, 0.5) is 0 Å². The summed E-state index contributed by atoms with van der Waals surface area (Å²) < 4.78 is 0. The van der Waals surface area contributed by atoms with E-state index in [-0.39, 0.29) is 60.2 Å². The van der Waals surface area contributed by atoms with Crippen LogP contribution < -0.4 is 34.0 Å². The fourth-order valence-electron chi connectivity index (χ4n) is 2.84. The van der Waals surface area contributed by atoms with Gasteiger partial charge in [0.05, 0.1) is 0 Å². The van der Waals surface area contributed by atoms with Gasteiger partial charge in [-0.25, -0.2) is 0 Å². The van der Waals surface area contributed by atoms with Gasteiger partial charge < -0.3 is 34.0 Å². The van der Waals surface area contributed by atoms with Gasteiger partial charge in [-0.15, -0.1) is 81.2 Å². The molecule has 0 aromatic heterocycles. The Bertz CT molecular complexity index is 756. The number of rotatable bonds is 2. The molecule has 4 aromatic rings. The predicted octanol–water partition coefficient (Wildman–Crippen LogP) is 0.767. The van der Waals surface area contributed by atoms with Gasteiger partial charge in [-0.1, -0.05) is 39.1 Å². The Morgan fingerprint density at radius 2 is 1.00 bits per heavy atom. The molecule has 4 rings (SSSR count). The summed E-state index contributed by atoms with van der Waals surface area (Å²) in [5.41, 5.74) is 2.87. The van der Waals surface area contributed by atoms with Crippen molar-refractivity contribution in [1.29, 1.82) is 0 Å². The molecule has 147 valence electrons. The maximum absolute atomic E-state index is 2.26. The van der Waals surface area contributed by atoms with Gasteiger partial charge in [0.1, 0.15) is 0 Å². The number of hydrogen-bond donors (Lipinski definition) is 0. The Kier molecular flexibility index (Phi) is 17.6. The fraction of sp³-hybridized carbons (Fsp3) is 0.250. The van der Waals surface area contributed by atoms with Gasteiger partial charge in [0.25, 0.3) is 0 Å². The van der Waals surface area contributed by atoms with Crippen LogP contribution >= 0.6 is 0 Å². The standard InChI is InChI=1S/2C11H11.C2H7Si.2BrH.Zr/c2*1-2-9-7-10-5-3-4-6-11(10)8-9;1-3-2;;;/h2*3-8H,2H2,1H3;3H,1-2H3;2*1H;/q2*-1;;;;+4/p-2. The molecule has 28 heavy (non-hydrogen) atoms. The van der Waals surface area contributed by atoms with Crippen molar-refractivity contribution in [2.24, 2.45) is 0 Å². The molecule has 1 radical (unpaired) electrons. The normalized spacial score (nSPS) is 9.00. The first-order valence-corrected chi connectivity index (χ1v) is 11.5. The maximum atomic E-state index is 2.26. The largest absolute Gasteiger partial charge is 4.00 e. The minimum absolute atomic E-state index is 0. The van der Waals surface area contributed by atoms with E-state index < -0.39 is 0 Å². The van der Waals surface area contributed by atoms with E-state index in [2.05, 4.69) is 99.7 Å². The summed E-state index contributed by atoms with van der Waals surface area (Å²) in [6.45, 7) is 8.79. The third-order valence-corrected chi connectivity index (χ3v) is 4.17. The number of fused-ring (bicyclic) bond motifs is 2. The maximum Gasteiger partial charge on any atom is 4.00 e. The van der Waals surface area contributed by atoms with Crippen LogP contribution in [0.25, 0.3) is 21.5 Å². The zero-order valence-electron chi connectivity index (χ0n) is 17.2. The zero-order chi connectivity index (χ0) is 18.1. The molecular weight excluding hydrogens is 567 g/mol. The van der Waals surface area contributed by atoms with Crippen molar-refractivity contribution in [3.05, 3.63) is 83.9 Å². The van der Waals surface area contributed by atoms with Crippen LogP contribution in [-0.2, 0) is 39.0 Å². The molecule has 0 saturated heterocycles. The summed E-state index contributed by atoms with van der Waals surface area (Å²) in [5, 5.41) is 5.46. The molecule has 0 aliphatic carbocycles. The second kappa shape index (κ2) is 16.5. The molecular formula is C24H29Br2SiZr. The van der Waals surface area contributed by atoms with Crippen molar-refractivity contribution in [2.45, 2.75) is 39.8 Å². The second-order valence-electron chi connectivity index (χ2n) is 6.27. The molecule has 0 atom stereocenters. The number of benzene rings is 2. The second-order valence-corrected chi connectivity index (χ2v) is 7.42. The summed E-state index contributed by atoms with van der Waals surface area (Å²) in [5.74, 6) is 0. The van der Waals surface area contributed by atoms with Gasteiger partial charge in [0.15, 0.2) is 0 Å². The van der Waals surface area contributed by atoms with Crippen LogP contribution in [0.3, 0.4) is 0 Å². The van der Waals surface area contributed by atoms with Crippen molar-refractivity contribution in [1.82, 2.24) is 0 Å². The van der Waals surface area contributed by atoms with Crippen molar-refractivity contribution in [2.75, 3.05) is 0 Å². The first-order valence-electron chi connectivity index (χ1n) is 9.24. The van der Waals surface area contributed by atoms with Crippen LogP contribution in [0.2, 0.25) is 13.1 Å². The molecule has 0 aliphatic heterocycles. The van der Waals surface area contributed by atoms with Crippen molar-refractivity contribution >= 4 is 31.1 Å². The van der Waals surface area contributed by atoms with Crippen molar-refractivity contribution in [3.8, 4) is 0 Å². The SMILES string of the molecule is CCc1cc2ccccc2[cH-]1.CCc1cc2ccccc2[cH-]1.C[SiH]C.[Br-].[Br-].[Zr+4]. The van der Waals surface area contributed by atoms with Gasteiger partial charge in [-0.3, -0.25) is 0 Å². The van der Waals surface area contributed by atoms with Crippen LogP contribution in [0.5, 0.6) is 0 Å². The molecule has 0 amide bonds. The van der Waals surface area contributed by atoms with E-state index in [1.54, 1.807) is 0 Å². The minimum atomic E-state index is 0. The topological polar surface area (TPSA) is 0 Å². The van der Waals surface area contributed by atoms with Gasteiger partial charge >= 0.3 is 26.2 Å². The molecule has 0 spiro atoms. The average Bonchev–Trinajstić information content (AvgIpc) is 3.26. The van der Waals surface area contributed by atoms with E-state index in [4.69, 9.17) is 0 Å². The summed E-state index contributed by atoms with van der Waals surface area (Å²) in [6.07, 6.45) is 2.27. The van der Waals surface area contributed by atoms with Crippen molar-refractivity contribution in [3.63, 3.8) is 0 Å². The Morgan fingerprint density at radius 1 is 0.679 bits per heavy atom. The van der Waals surface area contributed by atoms with E-state index in [9.17, 15) is 0 Å². The predicted molar refractivity (Wildman–Crippen MR) is 117 cm³/mol. The van der Waals surface area contributed by atoms with Gasteiger partial charge in [-0.05, 0) is 12.8 Å². The summed E-state index contributed by atoms with van der Waals surface area (Å²) in [6, 6.07) is 26.0. The fourth-order valence-corrected chi connectivity index (χ4v) is 2.84. The van der Waals surface area contributed by atoms with Crippen molar-refractivity contribution < 1.29 is 60.2 Å². The molecule has 0 heterocycles. The third kappa shape index (κ3) is 9.03. The first kappa shape index (κ1) is 29.9. The van der Waals surface area contributed by atoms with Crippen LogP contribution in [0, 0.1) is 0 Å². The number of aryl methyl sites for hydroxylation is 2. The first-order chi connectivity index (χ1) is 12.2. The van der Waals surface area contributed by atoms with E-state index in [0.29, 0.717) is 0 Å². The smallest absolute Gasteiger partial charge is 1.00 e. The van der Waals surface area contributed by atoms with Gasteiger partial charge in [-0.2, -0.15) is 12.1 Å². The number of halogens is 2. The molecule has 0 aliphatic rings. The molecule has 0 N–H and O–H groups in total. The molecule has 0 saturated carbocycles. The van der Waals surface area contributed by atoms with Gasteiger partial charge in [0, 0.05) is 9.52 Å². The average molecular weight is 597 g/mol.